The Labute approximate surface area is 119 Å². The molecule has 0 bridgehead atoms. The number of nitrogens with two attached hydrogens (primary N) is 1. The Bertz CT molecular complexity index is 489. The second-order valence-corrected chi connectivity index (χ2v) is 4.84. The molecule has 8 nitrogen and oxygen atoms in total. The Hall–Kier alpha value is -1.71. The van der Waals surface area contributed by atoms with Crippen molar-refractivity contribution >= 4 is 28.4 Å². The Morgan fingerprint density at radius 3 is 2.65 bits per heavy atom. The third-order valence-electron chi connectivity index (χ3n) is 2.38. The number of carbonyl (C=O) groups excluding carboxylic acids is 2. The number of aliphatic hydroxyl groups excluding tert-OH is 2. The van der Waals surface area contributed by atoms with E-state index in [0.29, 0.717) is 0 Å². The number of anilines is 1. The molecule has 0 aliphatic rings. The lowest BCUT2D eigenvalue weighted by molar-refractivity contribution is -0.144. The molecule has 9 heteroatoms. The number of carbonyl (C=O) groups is 2. The number of methoxy groups -OCH3 is 1. The first-order chi connectivity index (χ1) is 9.40. The molecule has 2 atom stereocenters. The van der Waals surface area contributed by atoms with Gasteiger partial charge in [-0.25, -0.2) is 9.78 Å². The summed E-state index contributed by atoms with van der Waals surface area (Å²) in [4.78, 5) is 26.5. The van der Waals surface area contributed by atoms with Crippen LogP contribution >= 0.6 is 11.3 Å². The fourth-order valence-corrected chi connectivity index (χ4v) is 2.30. The summed E-state index contributed by atoms with van der Waals surface area (Å²) in [6.45, 7) is 1.76. The molecule has 0 saturated heterocycles. The number of hydrogen-bond donors (Lipinski definition) is 3. The van der Waals surface area contributed by atoms with Gasteiger partial charge in [0, 0.05) is 0 Å². The van der Waals surface area contributed by atoms with Crippen molar-refractivity contribution in [2.45, 2.75) is 25.6 Å². The van der Waals surface area contributed by atoms with E-state index in [-0.39, 0.29) is 22.3 Å². The van der Waals surface area contributed by atoms with Crippen LogP contribution in [0.3, 0.4) is 0 Å². The first kappa shape index (κ1) is 16.3. The van der Waals surface area contributed by atoms with Gasteiger partial charge in [0.15, 0.2) is 10.8 Å². The number of esters is 2. The maximum atomic E-state index is 11.7. The molecule has 20 heavy (non-hydrogen) atoms. The Morgan fingerprint density at radius 2 is 2.10 bits per heavy atom. The highest BCUT2D eigenvalue weighted by atomic mass is 32.1. The lowest BCUT2D eigenvalue weighted by atomic mass is 10.1. The summed E-state index contributed by atoms with van der Waals surface area (Å²) in [5.41, 5.74) is 5.33. The van der Waals surface area contributed by atoms with Gasteiger partial charge in [0.05, 0.1) is 31.1 Å². The van der Waals surface area contributed by atoms with Gasteiger partial charge in [0.25, 0.3) is 0 Å². The molecule has 1 aromatic heterocycles. The molecule has 1 rings (SSSR count). The summed E-state index contributed by atoms with van der Waals surface area (Å²) in [5.74, 6) is -1.44. The average Bonchev–Trinajstić information content (AvgIpc) is 2.80. The number of nitrogens with zero attached hydrogens (tertiary/aromatic N) is 1. The van der Waals surface area contributed by atoms with E-state index in [2.05, 4.69) is 9.72 Å². The van der Waals surface area contributed by atoms with E-state index in [0.717, 1.165) is 18.4 Å². The zero-order valence-corrected chi connectivity index (χ0v) is 11.8. The van der Waals surface area contributed by atoms with Crippen LogP contribution in [0.15, 0.2) is 0 Å². The monoisotopic (exact) mass is 304 g/mol. The average molecular weight is 304 g/mol. The van der Waals surface area contributed by atoms with Gasteiger partial charge in [-0.15, -0.1) is 0 Å². The van der Waals surface area contributed by atoms with Crippen LogP contribution in [0.25, 0.3) is 0 Å². The summed E-state index contributed by atoms with van der Waals surface area (Å²) in [7, 11) is 1.16. The first-order valence-corrected chi connectivity index (χ1v) is 6.58. The smallest absolute Gasteiger partial charge is 0.358 e. The Kier molecular flexibility index (Phi) is 5.86. The fourth-order valence-electron chi connectivity index (χ4n) is 1.44. The van der Waals surface area contributed by atoms with Crippen LogP contribution in [0, 0.1) is 0 Å². The molecule has 4 N–H and O–H groups in total. The first-order valence-electron chi connectivity index (χ1n) is 5.76. The molecule has 0 aromatic carbocycles. The summed E-state index contributed by atoms with van der Waals surface area (Å²) in [6, 6.07) is 0. The minimum atomic E-state index is -1.48. The van der Waals surface area contributed by atoms with Gasteiger partial charge in [-0.05, 0) is 6.92 Å². The molecular formula is C11H16N2O6S. The molecule has 0 saturated carbocycles. The van der Waals surface area contributed by atoms with Gasteiger partial charge in [-0.3, -0.25) is 4.79 Å². The number of ether oxygens (including phenoxy) is 2. The summed E-state index contributed by atoms with van der Waals surface area (Å²) >= 11 is 0.843. The highest BCUT2D eigenvalue weighted by molar-refractivity contribution is 7.15. The number of aliphatic hydroxyl groups is 2. The highest BCUT2D eigenvalue weighted by Crippen LogP contribution is 2.30. The van der Waals surface area contributed by atoms with Crippen molar-refractivity contribution in [2.75, 3.05) is 19.5 Å². The molecule has 1 heterocycles. The molecule has 0 aliphatic heterocycles. The number of rotatable bonds is 6. The van der Waals surface area contributed by atoms with Crippen molar-refractivity contribution < 1.29 is 29.3 Å². The largest absolute Gasteiger partial charge is 0.469 e. The zero-order chi connectivity index (χ0) is 15.3. The van der Waals surface area contributed by atoms with Crippen LogP contribution in [0.5, 0.6) is 0 Å². The summed E-state index contributed by atoms with van der Waals surface area (Å²) in [6.07, 6.45) is -3.34. The van der Waals surface area contributed by atoms with Gasteiger partial charge in [0.1, 0.15) is 6.10 Å². The predicted octanol–water partition coefficient (Wildman–Crippen LogP) is -0.141. The van der Waals surface area contributed by atoms with Crippen molar-refractivity contribution in [1.29, 1.82) is 0 Å². The minimum Gasteiger partial charge on any atom is -0.469 e. The normalized spacial score (nSPS) is 13.6. The van der Waals surface area contributed by atoms with E-state index in [1.807, 2.05) is 0 Å². The molecule has 0 amide bonds. The molecule has 0 radical (unpaired) electrons. The van der Waals surface area contributed by atoms with Crippen LogP contribution in [-0.2, 0) is 14.3 Å². The lowest BCUT2D eigenvalue weighted by Gasteiger charge is -2.16. The van der Waals surface area contributed by atoms with Crippen LogP contribution < -0.4 is 5.73 Å². The van der Waals surface area contributed by atoms with Crippen LogP contribution in [0.1, 0.15) is 34.8 Å². The van der Waals surface area contributed by atoms with Crippen molar-refractivity contribution in [3.63, 3.8) is 0 Å². The zero-order valence-electron chi connectivity index (χ0n) is 11.0. The van der Waals surface area contributed by atoms with Gasteiger partial charge in [0.2, 0.25) is 0 Å². The topological polar surface area (TPSA) is 132 Å². The standard InChI is InChI=1S/C11H16N2O6S/c1-3-19-10(17)7-9(20-11(12)13-7)8(16)5(14)4-6(15)18-2/h5,8,14,16H,3-4H2,1-2H3,(H2,12,13). The van der Waals surface area contributed by atoms with E-state index < -0.39 is 30.6 Å². The van der Waals surface area contributed by atoms with Crippen molar-refractivity contribution in [3.05, 3.63) is 10.6 Å². The number of nitrogen functional groups attached to an aromatic ring is 1. The van der Waals surface area contributed by atoms with E-state index in [1.54, 1.807) is 6.92 Å². The van der Waals surface area contributed by atoms with Crippen LogP contribution in [-0.4, -0.2) is 47.0 Å². The highest BCUT2D eigenvalue weighted by Gasteiger charge is 2.30. The second-order valence-electron chi connectivity index (χ2n) is 3.78. The second kappa shape index (κ2) is 7.17. The quantitative estimate of drug-likeness (QED) is 0.619. The number of hydrogen-bond acceptors (Lipinski definition) is 9. The molecule has 0 fully saturated rings. The molecule has 2 unspecified atom stereocenters. The third-order valence-corrected chi connectivity index (χ3v) is 3.33. The summed E-state index contributed by atoms with van der Waals surface area (Å²) in [5, 5.41) is 19.8. The van der Waals surface area contributed by atoms with E-state index in [1.165, 1.54) is 0 Å². The molecule has 0 spiro atoms. The Balaban J connectivity index is 2.94. The molecular weight excluding hydrogens is 288 g/mol. The van der Waals surface area contributed by atoms with Crippen molar-refractivity contribution in [3.8, 4) is 0 Å². The van der Waals surface area contributed by atoms with Gasteiger partial charge >= 0.3 is 11.9 Å². The summed E-state index contributed by atoms with van der Waals surface area (Å²) < 4.78 is 9.17. The van der Waals surface area contributed by atoms with Gasteiger partial charge in [-0.2, -0.15) is 0 Å². The van der Waals surface area contributed by atoms with Crippen molar-refractivity contribution in [1.82, 2.24) is 4.98 Å². The van der Waals surface area contributed by atoms with Gasteiger partial charge < -0.3 is 25.4 Å². The maximum absolute atomic E-state index is 11.7. The van der Waals surface area contributed by atoms with Crippen LogP contribution in [0.4, 0.5) is 5.13 Å². The lowest BCUT2D eigenvalue weighted by Crippen LogP contribution is -2.23. The fraction of sp³-hybridized carbons (Fsp3) is 0.545. The minimum absolute atomic E-state index is 0.0485. The number of thiazole rings is 1. The maximum Gasteiger partial charge on any atom is 0.358 e. The Morgan fingerprint density at radius 1 is 1.45 bits per heavy atom. The molecule has 112 valence electrons. The molecule has 0 aliphatic carbocycles. The van der Waals surface area contributed by atoms with Crippen LogP contribution in [0.2, 0.25) is 0 Å². The number of aromatic nitrogens is 1. The van der Waals surface area contributed by atoms with Gasteiger partial charge in [-0.1, -0.05) is 11.3 Å². The van der Waals surface area contributed by atoms with E-state index in [4.69, 9.17) is 10.5 Å². The SMILES string of the molecule is CCOC(=O)c1nc(N)sc1C(O)C(O)CC(=O)OC. The molecule has 1 aromatic rings. The van der Waals surface area contributed by atoms with E-state index in [9.17, 15) is 19.8 Å². The predicted molar refractivity (Wildman–Crippen MR) is 70.1 cm³/mol. The van der Waals surface area contributed by atoms with Crippen molar-refractivity contribution in [2.24, 2.45) is 0 Å². The third kappa shape index (κ3) is 3.89. The van der Waals surface area contributed by atoms with E-state index >= 15 is 0 Å².